The minimum Gasteiger partial charge on any atom is -0.342 e. The minimum atomic E-state index is -0.0368. The van der Waals surface area contributed by atoms with Crippen LogP contribution in [0.15, 0.2) is 35.2 Å². The van der Waals surface area contributed by atoms with E-state index in [4.69, 9.17) is 5.73 Å². The predicted octanol–water partition coefficient (Wildman–Crippen LogP) is 2.36. The fourth-order valence-corrected chi connectivity index (χ4v) is 3.38. The van der Waals surface area contributed by atoms with Crippen LogP contribution < -0.4 is 5.73 Å². The van der Waals surface area contributed by atoms with Crippen molar-refractivity contribution in [3.8, 4) is 0 Å². The molecule has 1 aromatic rings. The molecule has 4 heteroatoms. The smallest absolute Gasteiger partial charge is 0.224 e. The van der Waals surface area contributed by atoms with Gasteiger partial charge in [0.1, 0.15) is 0 Å². The molecule has 1 aromatic carbocycles. The summed E-state index contributed by atoms with van der Waals surface area (Å²) in [7, 11) is 0. The van der Waals surface area contributed by atoms with Crippen LogP contribution in [0, 0.1) is 5.92 Å². The van der Waals surface area contributed by atoms with E-state index in [0.29, 0.717) is 12.3 Å². The summed E-state index contributed by atoms with van der Waals surface area (Å²) < 4.78 is 0. The fraction of sp³-hybridized carbons (Fsp3) is 0.533. The molecular weight excluding hydrogens is 256 g/mol. The van der Waals surface area contributed by atoms with Crippen LogP contribution in [0.2, 0.25) is 0 Å². The van der Waals surface area contributed by atoms with Gasteiger partial charge in [-0.2, -0.15) is 0 Å². The number of amides is 1. The van der Waals surface area contributed by atoms with Crippen molar-refractivity contribution in [2.24, 2.45) is 11.7 Å². The van der Waals surface area contributed by atoms with Gasteiger partial charge in [-0.15, -0.1) is 11.8 Å². The number of rotatable bonds is 5. The van der Waals surface area contributed by atoms with Crippen LogP contribution in [0.25, 0.3) is 0 Å². The molecule has 2 rings (SSSR count). The van der Waals surface area contributed by atoms with E-state index in [1.807, 2.05) is 29.7 Å². The molecule has 2 atom stereocenters. The van der Waals surface area contributed by atoms with Crippen molar-refractivity contribution in [1.29, 1.82) is 0 Å². The highest BCUT2D eigenvalue weighted by Crippen LogP contribution is 2.26. The number of carbonyl (C=O) groups is 1. The van der Waals surface area contributed by atoms with E-state index < -0.39 is 0 Å². The van der Waals surface area contributed by atoms with Crippen LogP contribution in [-0.2, 0) is 4.79 Å². The third-order valence-corrected chi connectivity index (χ3v) is 4.61. The number of nitrogens with zero attached hydrogens (tertiary/aromatic N) is 1. The highest BCUT2D eigenvalue weighted by Gasteiger charge is 2.26. The summed E-state index contributed by atoms with van der Waals surface area (Å²) in [4.78, 5) is 15.2. The molecule has 0 bridgehead atoms. The zero-order chi connectivity index (χ0) is 13.7. The Labute approximate surface area is 119 Å². The summed E-state index contributed by atoms with van der Waals surface area (Å²) in [5, 5.41) is 0. The first-order valence-electron chi connectivity index (χ1n) is 6.86. The number of likely N-dealkylation sites (tertiary alicyclic amines) is 1. The van der Waals surface area contributed by atoms with Gasteiger partial charge in [0.2, 0.25) is 5.91 Å². The van der Waals surface area contributed by atoms with Crippen LogP contribution in [0.3, 0.4) is 0 Å². The molecule has 1 heterocycles. The first kappa shape index (κ1) is 14.4. The van der Waals surface area contributed by atoms with Crippen molar-refractivity contribution in [1.82, 2.24) is 4.90 Å². The van der Waals surface area contributed by atoms with E-state index in [0.717, 1.165) is 25.3 Å². The molecule has 1 fully saturated rings. The number of nitrogens with two attached hydrogens (primary N) is 1. The van der Waals surface area contributed by atoms with Crippen LogP contribution in [0.4, 0.5) is 0 Å². The van der Waals surface area contributed by atoms with E-state index in [2.05, 4.69) is 24.3 Å². The molecule has 19 heavy (non-hydrogen) atoms. The maximum Gasteiger partial charge on any atom is 0.224 e. The topological polar surface area (TPSA) is 46.3 Å². The number of hydrogen-bond donors (Lipinski definition) is 1. The monoisotopic (exact) mass is 278 g/mol. The number of hydrogen-bond acceptors (Lipinski definition) is 3. The van der Waals surface area contributed by atoms with E-state index >= 15 is 0 Å². The van der Waals surface area contributed by atoms with Crippen molar-refractivity contribution in [3.05, 3.63) is 30.3 Å². The van der Waals surface area contributed by atoms with Crippen molar-refractivity contribution in [2.45, 2.75) is 30.7 Å². The third-order valence-electron chi connectivity index (χ3n) is 3.36. The second-order valence-electron chi connectivity index (χ2n) is 5.30. The lowest BCUT2D eigenvalue weighted by Gasteiger charge is -2.17. The molecular formula is C15H22N2OS. The molecule has 0 aromatic heterocycles. The predicted molar refractivity (Wildman–Crippen MR) is 80.1 cm³/mol. The van der Waals surface area contributed by atoms with Gasteiger partial charge in [-0.1, -0.05) is 18.2 Å². The largest absolute Gasteiger partial charge is 0.342 e. The molecule has 1 aliphatic heterocycles. The standard InChI is InChI=1S/C15H22N2OS/c1-12(16)9-15(18)17-8-7-13(10-17)11-19-14-5-3-2-4-6-14/h2-6,12-13H,7-11,16H2,1H3. The molecule has 0 radical (unpaired) electrons. The maximum atomic E-state index is 11.9. The quantitative estimate of drug-likeness (QED) is 0.841. The lowest BCUT2D eigenvalue weighted by Crippen LogP contribution is -2.33. The third kappa shape index (κ3) is 4.55. The number of benzene rings is 1. The molecule has 1 aliphatic rings. The minimum absolute atomic E-state index is 0.0368. The summed E-state index contributed by atoms with van der Waals surface area (Å²) in [6.45, 7) is 3.67. The van der Waals surface area contributed by atoms with E-state index in [-0.39, 0.29) is 11.9 Å². The Morgan fingerprint density at radius 2 is 2.21 bits per heavy atom. The van der Waals surface area contributed by atoms with Gasteiger partial charge in [-0.05, 0) is 31.4 Å². The maximum absolute atomic E-state index is 11.9. The second kappa shape index (κ2) is 6.96. The van der Waals surface area contributed by atoms with Crippen molar-refractivity contribution in [2.75, 3.05) is 18.8 Å². The molecule has 1 saturated heterocycles. The molecule has 3 nitrogen and oxygen atoms in total. The summed E-state index contributed by atoms with van der Waals surface area (Å²) >= 11 is 1.88. The Hall–Kier alpha value is -1.00. The van der Waals surface area contributed by atoms with Gasteiger partial charge in [-0.3, -0.25) is 4.79 Å². The summed E-state index contributed by atoms with van der Waals surface area (Å²) in [5.41, 5.74) is 5.68. The second-order valence-corrected chi connectivity index (χ2v) is 6.39. The fourth-order valence-electron chi connectivity index (χ4n) is 2.33. The molecule has 0 saturated carbocycles. The highest BCUT2D eigenvalue weighted by atomic mass is 32.2. The SMILES string of the molecule is CC(N)CC(=O)N1CCC(CSc2ccccc2)C1. The molecule has 1 amide bonds. The van der Waals surface area contributed by atoms with Gasteiger partial charge in [0.15, 0.2) is 0 Å². The Kier molecular flexibility index (Phi) is 5.28. The van der Waals surface area contributed by atoms with Gasteiger partial charge in [0.25, 0.3) is 0 Å². The molecule has 0 aliphatic carbocycles. The van der Waals surface area contributed by atoms with Gasteiger partial charge in [0, 0.05) is 36.2 Å². The molecule has 0 spiro atoms. The normalized spacial score (nSPS) is 20.5. The Balaban J connectivity index is 1.75. The zero-order valence-corrected chi connectivity index (χ0v) is 12.2. The van der Waals surface area contributed by atoms with Gasteiger partial charge in [0.05, 0.1) is 0 Å². The Morgan fingerprint density at radius 3 is 2.89 bits per heavy atom. The molecule has 104 valence electrons. The average molecular weight is 278 g/mol. The summed E-state index contributed by atoms with van der Waals surface area (Å²) in [5.74, 6) is 1.91. The average Bonchev–Trinajstić information content (AvgIpc) is 2.86. The zero-order valence-electron chi connectivity index (χ0n) is 11.4. The Bertz CT molecular complexity index is 408. The van der Waals surface area contributed by atoms with E-state index in [9.17, 15) is 4.79 Å². The lowest BCUT2D eigenvalue weighted by molar-refractivity contribution is -0.130. The van der Waals surface area contributed by atoms with Gasteiger partial charge in [-0.25, -0.2) is 0 Å². The van der Waals surface area contributed by atoms with E-state index in [1.165, 1.54) is 4.90 Å². The summed E-state index contributed by atoms with van der Waals surface area (Å²) in [6.07, 6.45) is 1.59. The van der Waals surface area contributed by atoms with Crippen LogP contribution in [0.1, 0.15) is 19.8 Å². The van der Waals surface area contributed by atoms with Crippen LogP contribution in [0.5, 0.6) is 0 Å². The molecule has 2 unspecified atom stereocenters. The highest BCUT2D eigenvalue weighted by molar-refractivity contribution is 7.99. The summed E-state index contributed by atoms with van der Waals surface area (Å²) in [6, 6.07) is 10.4. The first-order chi connectivity index (χ1) is 9.15. The molecule has 2 N–H and O–H groups in total. The number of carbonyl (C=O) groups excluding carboxylic acids is 1. The van der Waals surface area contributed by atoms with Gasteiger partial charge >= 0.3 is 0 Å². The van der Waals surface area contributed by atoms with Crippen LogP contribution in [-0.4, -0.2) is 35.7 Å². The first-order valence-corrected chi connectivity index (χ1v) is 7.85. The van der Waals surface area contributed by atoms with Crippen LogP contribution >= 0.6 is 11.8 Å². The van der Waals surface area contributed by atoms with Crippen molar-refractivity contribution in [3.63, 3.8) is 0 Å². The lowest BCUT2D eigenvalue weighted by atomic mass is 10.2. The van der Waals surface area contributed by atoms with E-state index in [1.54, 1.807) is 0 Å². The van der Waals surface area contributed by atoms with Crippen molar-refractivity contribution >= 4 is 17.7 Å². The Morgan fingerprint density at radius 1 is 1.47 bits per heavy atom. The van der Waals surface area contributed by atoms with Crippen molar-refractivity contribution < 1.29 is 4.79 Å². The van der Waals surface area contributed by atoms with Gasteiger partial charge < -0.3 is 10.6 Å². The number of thioether (sulfide) groups is 1.